The molecule has 3 N–H and O–H groups in total. The van der Waals surface area contributed by atoms with Gasteiger partial charge in [-0.3, -0.25) is 0 Å². The van der Waals surface area contributed by atoms with Gasteiger partial charge in [-0.1, -0.05) is 46.0 Å². The van der Waals surface area contributed by atoms with E-state index in [0.717, 1.165) is 18.9 Å². The van der Waals surface area contributed by atoms with Crippen molar-refractivity contribution in [3.63, 3.8) is 0 Å². The molecule has 1 aliphatic heterocycles. The predicted octanol–water partition coefficient (Wildman–Crippen LogP) is 3.08. The topological polar surface area (TPSA) is 47.3 Å². The number of nitrogens with one attached hydrogen (secondary N) is 1. The summed E-state index contributed by atoms with van der Waals surface area (Å²) in [6.07, 6.45) is 10.7. The maximum absolute atomic E-state index is 6.08. The van der Waals surface area contributed by atoms with Crippen molar-refractivity contribution in [3.05, 3.63) is 0 Å². The number of ether oxygens (including phenoxy) is 1. The van der Waals surface area contributed by atoms with E-state index < -0.39 is 0 Å². The molecule has 0 aromatic heterocycles. The van der Waals surface area contributed by atoms with Gasteiger partial charge in [0.2, 0.25) is 0 Å². The summed E-state index contributed by atoms with van der Waals surface area (Å²) in [5.74, 6) is 0.798. The molecule has 1 fully saturated rings. The molecule has 1 saturated heterocycles. The van der Waals surface area contributed by atoms with Gasteiger partial charge in [0, 0.05) is 25.7 Å². The average molecular weight is 270 g/mol. The van der Waals surface area contributed by atoms with E-state index in [1.807, 2.05) is 0 Å². The monoisotopic (exact) mass is 270 g/mol. The molecule has 4 atom stereocenters. The third-order valence-corrected chi connectivity index (χ3v) is 4.54. The van der Waals surface area contributed by atoms with Gasteiger partial charge in [-0.25, -0.2) is 0 Å². The number of methoxy groups -OCH3 is 1. The maximum atomic E-state index is 6.08. The molecule has 0 bridgehead atoms. The lowest BCUT2D eigenvalue weighted by atomic mass is 9.83. The van der Waals surface area contributed by atoms with E-state index in [2.05, 4.69) is 19.2 Å². The molecule has 114 valence electrons. The number of hydrogen-bond donors (Lipinski definition) is 2. The number of rotatable bonds is 9. The summed E-state index contributed by atoms with van der Waals surface area (Å²) >= 11 is 0. The molecule has 1 aliphatic rings. The molecule has 0 aliphatic carbocycles. The molecule has 0 amide bonds. The first-order valence-corrected chi connectivity index (χ1v) is 8.24. The van der Waals surface area contributed by atoms with Crippen LogP contribution in [0.2, 0.25) is 0 Å². The van der Waals surface area contributed by atoms with Crippen LogP contribution in [-0.4, -0.2) is 31.8 Å². The summed E-state index contributed by atoms with van der Waals surface area (Å²) in [6, 6.07) is 0.759. The van der Waals surface area contributed by atoms with E-state index in [-0.39, 0.29) is 12.1 Å². The summed E-state index contributed by atoms with van der Waals surface area (Å²) < 4.78 is 5.54. The van der Waals surface area contributed by atoms with E-state index in [1.54, 1.807) is 7.11 Å². The van der Waals surface area contributed by atoms with Crippen LogP contribution < -0.4 is 11.1 Å². The minimum absolute atomic E-state index is 0.156. The van der Waals surface area contributed by atoms with Crippen LogP contribution in [0.4, 0.5) is 0 Å². The van der Waals surface area contributed by atoms with E-state index in [4.69, 9.17) is 10.5 Å². The first kappa shape index (κ1) is 16.9. The fourth-order valence-electron chi connectivity index (χ4n) is 3.31. The molecule has 0 saturated carbocycles. The second kappa shape index (κ2) is 9.73. The van der Waals surface area contributed by atoms with E-state index >= 15 is 0 Å². The molecule has 0 aromatic rings. The zero-order valence-electron chi connectivity index (χ0n) is 13.2. The standard InChI is InChI=1S/C16H34N2O/c1-4-6-7-8-10-13(9-5-2)15-11-16(19-3)14(17)12-18-15/h13-16,18H,4-12,17H2,1-3H3. The molecule has 3 heteroatoms. The fraction of sp³-hybridized carbons (Fsp3) is 1.00. The zero-order chi connectivity index (χ0) is 14.1. The van der Waals surface area contributed by atoms with Crippen LogP contribution >= 0.6 is 0 Å². The van der Waals surface area contributed by atoms with Crippen molar-refractivity contribution in [2.45, 2.75) is 83.4 Å². The molecule has 0 radical (unpaired) electrons. The van der Waals surface area contributed by atoms with Crippen LogP contribution in [0.15, 0.2) is 0 Å². The van der Waals surface area contributed by atoms with Gasteiger partial charge < -0.3 is 15.8 Å². The van der Waals surface area contributed by atoms with Crippen molar-refractivity contribution < 1.29 is 4.74 Å². The average Bonchev–Trinajstić information content (AvgIpc) is 2.43. The maximum Gasteiger partial charge on any atom is 0.0749 e. The molecule has 1 rings (SSSR count). The summed E-state index contributed by atoms with van der Waals surface area (Å²) in [6.45, 7) is 5.47. The summed E-state index contributed by atoms with van der Waals surface area (Å²) in [4.78, 5) is 0. The quantitative estimate of drug-likeness (QED) is 0.633. The van der Waals surface area contributed by atoms with Gasteiger partial charge in [0.1, 0.15) is 0 Å². The Morgan fingerprint density at radius 1 is 1.16 bits per heavy atom. The van der Waals surface area contributed by atoms with Crippen molar-refractivity contribution >= 4 is 0 Å². The number of unbranched alkanes of at least 4 members (excludes halogenated alkanes) is 3. The Morgan fingerprint density at radius 3 is 2.58 bits per heavy atom. The molecule has 0 spiro atoms. The summed E-state index contributed by atoms with van der Waals surface area (Å²) in [7, 11) is 1.79. The minimum atomic E-state index is 0.156. The molecular formula is C16H34N2O. The van der Waals surface area contributed by atoms with Gasteiger partial charge in [-0.15, -0.1) is 0 Å². The second-order valence-corrected chi connectivity index (χ2v) is 6.09. The Labute approximate surface area is 119 Å². The third-order valence-electron chi connectivity index (χ3n) is 4.54. The second-order valence-electron chi connectivity index (χ2n) is 6.09. The van der Waals surface area contributed by atoms with Gasteiger partial charge in [0.25, 0.3) is 0 Å². The Morgan fingerprint density at radius 2 is 1.95 bits per heavy atom. The highest BCUT2D eigenvalue weighted by Gasteiger charge is 2.31. The SMILES string of the molecule is CCCCCCC(CCC)C1CC(OC)C(N)CN1. The first-order valence-electron chi connectivity index (χ1n) is 8.24. The van der Waals surface area contributed by atoms with Crippen molar-refractivity contribution in [2.24, 2.45) is 11.7 Å². The Bertz CT molecular complexity index is 223. The van der Waals surface area contributed by atoms with Crippen LogP contribution in [0.25, 0.3) is 0 Å². The van der Waals surface area contributed by atoms with E-state index in [9.17, 15) is 0 Å². The minimum Gasteiger partial charge on any atom is -0.380 e. The normalized spacial score (nSPS) is 29.4. The molecule has 0 aromatic carbocycles. The Hall–Kier alpha value is -0.120. The first-order chi connectivity index (χ1) is 9.22. The lowest BCUT2D eigenvalue weighted by molar-refractivity contribution is 0.0347. The highest BCUT2D eigenvalue weighted by Crippen LogP contribution is 2.25. The van der Waals surface area contributed by atoms with Gasteiger partial charge in [-0.2, -0.15) is 0 Å². The van der Waals surface area contributed by atoms with Gasteiger partial charge in [0.15, 0.2) is 0 Å². The van der Waals surface area contributed by atoms with Crippen LogP contribution in [-0.2, 0) is 4.74 Å². The largest absolute Gasteiger partial charge is 0.380 e. The number of piperidine rings is 1. The molecule has 19 heavy (non-hydrogen) atoms. The number of hydrogen-bond acceptors (Lipinski definition) is 3. The van der Waals surface area contributed by atoms with Crippen molar-refractivity contribution in [1.82, 2.24) is 5.32 Å². The molecule has 3 nitrogen and oxygen atoms in total. The van der Waals surface area contributed by atoms with Crippen LogP contribution in [0.3, 0.4) is 0 Å². The van der Waals surface area contributed by atoms with Crippen LogP contribution in [0, 0.1) is 5.92 Å². The molecular weight excluding hydrogens is 236 g/mol. The lowest BCUT2D eigenvalue weighted by Crippen LogP contribution is -2.56. The summed E-state index contributed by atoms with van der Waals surface area (Å²) in [5, 5.41) is 3.65. The van der Waals surface area contributed by atoms with Crippen LogP contribution in [0.5, 0.6) is 0 Å². The highest BCUT2D eigenvalue weighted by atomic mass is 16.5. The lowest BCUT2D eigenvalue weighted by Gasteiger charge is -2.38. The smallest absolute Gasteiger partial charge is 0.0749 e. The zero-order valence-corrected chi connectivity index (χ0v) is 13.2. The predicted molar refractivity (Wildman–Crippen MR) is 82.3 cm³/mol. The molecule has 1 heterocycles. The van der Waals surface area contributed by atoms with Crippen molar-refractivity contribution in [3.8, 4) is 0 Å². The van der Waals surface area contributed by atoms with Gasteiger partial charge in [0.05, 0.1) is 6.10 Å². The summed E-state index contributed by atoms with van der Waals surface area (Å²) in [5.41, 5.74) is 6.08. The van der Waals surface area contributed by atoms with Crippen LogP contribution in [0.1, 0.15) is 65.2 Å². The van der Waals surface area contributed by atoms with Gasteiger partial charge in [-0.05, 0) is 25.2 Å². The van der Waals surface area contributed by atoms with Crippen molar-refractivity contribution in [1.29, 1.82) is 0 Å². The van der Waals surface area contributed by atoms with Gasteiger partial charge >= 0.3 is 0 Å². The Kier molecular flexibility index (Phi) is 8.67. The fourth-order valence-corrected chi connectivity index (χ4v) is 3.31. The Balaban J connectivity index is 2.41. The number of nitrogens with two attached hydrogens (primary N) is 1. The van der Waals surface area contributed by atoms with Crippen molar-refractivity contribution in [2.75, 3.05) is 13.7 Å². The third kappa shape index (κ3) is 5.80. The van der Waals surface area contributed by atoms with E-state index in [1.165, 1.54) is 44.9 Å². The van der Waals surface area contributed by atoms with E-state index in [0.29, 0.717) is 6.04 Å². The highest BCUT2D eigenvalue weighted by molar-refractivity contribution is 4.90. The molecule has 4 unspecified atom stereocenters.